The van der Waals surface area contributed by atoms with Crippen LogP contribution in [0.25, 0.3) is 0 Å². The van der Waals surface area contributed by atoms with Crippen molar-refractivity contribution >= 4 is 16.7 Å². The van der Waals surface area contributed by atoms with Gasteiger partial charge in [0.2, 0.25) is 0 Å². The standard InChI is InChI=1S/C12H18N2OS/c1-13-11-6-5-7-12(10-11)16(15)14-8-3-2-4-9-14/h5-7,10,13H,2-4,8-9H2,1H3. The van der Waals surface area contributed by atoms with Gasteiger partial charge >= 0.3 is 0 Å². The molecule has 1 saturated heterocycles. The summed E-state index contributed by atoms with van der Waals surface area (Å²) in [4.78, 5) is 0.897. The summed E-state index contributed by atoms with van der Waals surface area (Å²) >= 11 is 0. The van der Waals surface area contributed by atoms with E-state index in [2.05, 4.69) is 9.62 Å². The molecule has 2 rings (SSSR count). The van der Waals surface area contributed by atoms with Crippen molar-refractivity contribution < 1.29 is 4.21 Å². The summed E-state index contributed by atoms with van der Waals surface area (Å²) in [5.74, 6) is 0. The molecule has 1 aromatic carbocycles. The Morgan fingerprint density at radius 2 is 2.00 bits per heavy atom. The van der Waals surface area contributed by atoms with E-state index in [4.69, 9.17) is 0 Å². The van der Waals surface area contributed by atoms with E-state index in [1.165, 1.54) is 6.42 Å². The fraction of sp³-hybridized carbons (Fsp3) is 0.500. The molecule has 1 aliphatic heterocycles. The second-order valence-corrected chi connectivity index (χ2v) is 5.50. The van der Waals surface area contributed by atoms with Gasteiger partial charge in [-0.3, -0.25) is 0 Å². The van der Waals surface area contributed by atoms with Crippen molar-refractivity contribution in [1.82, 2.24) is 4.31 Å². The van der Waals surface area contributed by atoms with Crippen LogP contribution in [0.3, 0.4) is 0 Å². The molecule has 88 valence electrons. The molecule has 0 bridgehead atoms. The van der Waals surface area contributed by atoms with Gasteiger partial charge in [0, 0.05) is 25.8 Å². The first-order chi connectivity index (χ1) is 7.81. The molecule has 0 radical (unpaired) electrons. The van der Waals surface area contributed by atoms with Crippen LogP contribution in [0.4, 0.5) is 5.69 Å². The third-order valence-corrected chi connectivity index (χ3v) is 4.37. The van der Waals surface area contributed by atoms with E-state index in [9.17, 15) is 4.21 Å². The molecule has 1 heterocycles. The SMILES string of the molecule is CNc1cccc(S(=O)N2CCCCC2)c1. The Bertz CT molecular complexity index is 375. The van der Waals surface area contributed by atoms with Gasteiger partial charge < -0.3 is 5.32 Å². The average molecular weight is 238 g/mol. The summed E-state index contributed by atoms with van der Waals surface area (Å²) in [6.45, 7) is 1.91. The van der Waals surface area contributed by atoms with Crippen LogP contribution in [0.2, 0.25) is 0 Å². The summed E-state index contributed by atoms with van der Waals surface area (Å²) in [5, 5.41) is 3.07. The molecule has 0 amide bonds. The van der Waals surface area contributed by atoms with E-state index >= 15 is 0 Å². The number of nitrogens with zero attached hydrogens (tertiary/aromatic N) is 1. The summed E-state index contributed by atoms with van der Waals surface area (Å²) in [6.07, 6.45) is 3.60. The molecule has 0 spiro atoms. The van der Waals surface area contributed by atoms with Crippen LogP contribution in [0.1, 0.15) is 19.3 Å². The maximum Gasteiger partial charge on any atom is 0.127 e. The van der Waals surface area contributed by atoms with Crippen molar-refractivity contribution in [2.75, 3.05) is 25.5 Å². The molecule has 4 heteroatoms. The van der Waals surface area contributed by atoms with E-state index in [-0.39, 0.29) is 0 Å². The van der Waals surface area contributed by atoms with Crippen molar-refractivity contribution in [3.05, 3.63) is 24.3 Å². The van der Waals surface area contributed by atoms with Gasteiger partial charge in [0.1, 0.15) is 11.0 Å². The number of benzene rings is 1. The van der Waals surface area contributed by atoms with Gasteiger partial charge in [-0.15, -0.1) is 0 Å². The molecule has 1 fully saturated rings. The van der Waals surface area contributed by atoms with Crippen molar-refractivity contribution in [3.8, 4) is 0 Å². The Morgan fingerprint density at radius 3 is 2.69 bits per heavy atom. The highest BCUT2D eigenvalue weighted by atomic mass is 32.2. The van der Waals surface area contributed by atoms with E-state index in [0.29, 0.717) is 0 Å². The number of anilines is 1. The van der Waals surface area contributed by atoms with E-state index in [1.807, 2.05) is 31.3 Å². The molecule has 0 saturated carbocycles. The topological polar surface area (TPSA) is 32.3 Å². The Kier molecular flexibility index (Phi) is 3.96. The van der Waals surface area contributed by atoms with Crippen molar-refractivity contribution in [2.45, 2.75) is 24.2 Å². The molecule has 0 aliphatic carbocycles. The molecule has 1 aliphatic rings. The fourth-order valence-corrected chi connectivity index (χ4v) is 3.25. The molecule has 1 N–H and O–H groups in total. The predicted octanol–water partition coefficient (Wildman–Crippen LogP) is 2.24. The number of piperidine rings is 1. The predicted molar refractivity (Wildman–Crippen MR) is 67.8 cm³/mol. The highest BCUT2D eigenvalue weighted by Gasteiger charge is 2.17. The Balaban J connectivity index is 2.12. The molecule has 0 aromatic heterocycles. The lowest BCUT2D eigenvalue weighted by Gasteiger charge is -2.25. The molecule has 1 aromatic rings. The maximum atomic E-state index is 12.3. The third kappa shape index (κ3) is 2.62. The molecule has 1 atom stereocenters. The average Bonchev–Trinajstić information content (AvgIpc) is 2.39. The van der Waals surface area contributed by atoms with Gasteiger partial charge in [0.25, 0.3) is 0 Å². The first-order valence-electron chi connectivity index (χ1n) is 5.76. The van der Waals surface area contributed by atoms with Crippen molar-refractivity contribution in [2.24, 2.45) is 0 Å². The second-order valence-electron chi connectivity index (χ2n) is 4.02. The zero-order valence-electron chi connectivity index (χ0n) is 9.61. The molecule has 1 unspecified atom stereocenters. The molecular formula is C12H18N2OS. The minimum absolute atomic E-state index is 0.897. The van der Waals surface area contributed by atoms with Crippen LogP contribution in [0.5, 0.6) is 0 Å². The van der Waals surface area contributed by atoms with Crippen LogP contribution in [-0.4, -0.2) is 28.7 Å². The lowest BCUT2D eigenvalue weighted by molar-refractivity contribution is 0.365. The van der Waals surface area contributed by atoms with Crippen LogP contribution in [0, 0.1) is 0 Å². The zero-order chi connectivity index (χ0) is 11.4. The Morgan fingerprint density at radius 1 is 1.25 bits per heavy atom. The van der Waals surface area contributed by atoms with E-state index in [1.54, 1.807) is 0 Å². The monoisotopic (exact) mass is 238 g/mol. The third-order valence-electron chi connectivity index (χ3n) is 2.87. The number of nitrogens with one attached hydrogen (secondary N) is 1. The Labute approximate surface area is 99.4 Å². The highest BCUT2D eigenvalue weighted by Crippen LogP contribution is 2.19. The summed E-state index contributed by atoms with van der Waals surface area (Å²) in [7, 11) is 0.890. The number of hydrogen-bond acceptors (Lipinski definition) is 2. The van der Waals surface area contributed by atoms with E-state index < -0.39 is 11.0 Å². The van der Waals surface area contributed by atoms with Gasteiger partial charge in [-0.05, 0) is 31.0 Å². The van der Waals surface area contributed by atoms with Gasteiger partial charge in [0.15, 0.2) is 0 Å². The summed E-state index contributed by atoms with van der Waals surface area (Å²) in [5.41, 5.74) is 1.02. The van der Waals surface area contributed by atoms with Crippen LogP contribution < -0.4 is 5.32 Å². The summed E-state index contributed by atoms with van der Waals surface area (Å²) < 4.78 is 14.3. The molecular weight excluding hydrogens is 220 g/mol. The first kappa shape index (κ1) is 11.6. The van der Waals surface area contributed by atoms with Crippen LogP contribution in [0.15, 0.2) is 29.2 Å². The lowest BCUT2D eigenvalue weighted by Crippen LogP contribution is -2.31. The van der Waals surface area contributed by atoms with Crippen LogP contribution >= 0.6 is 0 Å². The quantitative estimate of drug-likeness (QED) is 0.876. The minimum atomic E-state index is -0.988. The summed E-state index contributed by atoms with van der Waals surface area (Å²) in [6, 6.07) is 7.83. The van der Waals surface area contributed by atoms with Gasteiger partial charge in [-0.1, -0.05) is 12.5 Å². The van der Waals surface area contributed by atoms with Crippen LogP contribution in [-0.2, 0) is 11.0 Å². The normalized spacial score (nSPS) is 19.3. The van der Waals surface area contributed by atoms with Crippen molar-refractivity contribution in [1.29, 1.82) is 0 Å². The minimum Gasteiger partial charge on any atom is -0.388 e. The zero-order valence-corrected chi connectivity index (χ0v) is 10.4. The second kappa shape index (κ2) is 5.46. The molecule has 16 heavy (non-hydrogen) atoms. The maximum absolute atomic E-state index is 12.3. The van der Waals surface area contributed by atoms with Gasteiger partial charge in [-0.2, -0.15) is 0 Å². The van der Waals surface area contributed by atoms with Crippen molar-refractivity contribution in [3.63, 3.8) is 0 Å². The largest absolute Gasteiger partial charge is 0.388 e. The number of hydrogen-bond donors (Lipinski definition) is 1. The smallest absolute Gasteiger partial charge is 0.127 e. The Hall–Kier alpha value is -0.870. The highest BCUT2D eigenvalue weighted by molar-refractivity contribution is 7.82. The first-order valence-corrected chi connectivity index (χ1v) is 6.86. The lowest BCUT2D eigenvalue weighted by atomic mass is 10.2. The van der Waals surface area contributed by atoms with Gasteiger partial charge in [0.05, 0.1) is 4.90 Å². The van der Waals surface area contributed by atoms with Gasteiger partial charge in [-0.25, -0.2) is 8.51 Å². The fourth-order valence-electron chi connectivity index (χ4n) is 1.94. The molecule has 3 nitrogen and oxygen atoms in total. The van der Waals surface area contributed by atoms with E-state index in [0.717, 1.165) is 36.5 Å². The number of rotatable bonds is 3.